The Morgan fingerprint density at radius 2 is 2.00 bits per heavy atom. The Kier molecular flexibility index (Phi) is 4.63. The van der Waals surface area contributed by atoms with E-state index in [1.165, 1.54) is 6.20 Å². The fourth-order valence-electron chi connectivity index (χ4n) is 3.38. The number of nitrogens with one attached hydrogen (secondary N) is 1. The third-order valence-electron chi connectivity index (χ3n) is 5.27. The molecule has 0 bridgehead atoms. The summed E-state index contributed by atoms with van der Waals surface area (Å²) in [4.78, 5) is 24.2. The summed E-state index contributed by atoms with van der Waals surface area (Å²) in [6, 6.07) is 2.35. The molecule has 0 unspecified atom stereocenters. The van der Waals surface area contributed by atoms with Crippen LogP contribution in [-0.2, 0) is 9.47 Å². The van der Waals surface area contributed by atoms with Gasteiger partial charge in [0, 0.05) is 18.1 Å². The number of carbonyl (C=O) groups is 1. The molecule has 8 heteroatoms. The Labute approximate surface area is 161 Å². The largest absolute Gasteiger partial charge is 0.477 e. The Morgan fingerprint density at radius 1 is 1.32 bits per heavy atom. The van der Waals surface area contributed by atoms with Crippen molar-refractivity contribution in [2.75, 3.05) is 25.1 Å². The van der Waals surface area contributed by atoms with E-state index in [1.807, 2.05) is 0 Å². The number of pyridine rings is 1. The summed E-state index contributed by atoms with van der Waals surface area (Å²) in [6.45, 7) is 4.83. The van der Waals surface area contributed by atoms with Crippen molar-refractivity contribution in [1.82, 2.24) is 4.57 Å². The van der Waals surface area contributed by atoms with Gasteiger partial charge in [-0.05, 0) is 44.7 Å². The number of carboxylic acid groups (broad SMARTS) is 1. The highest BCUT2D eigenvalue weighted by Gasteiger charge is 2.31. The number of benzene rings is 1. The fourth-order valence-corrected chi connectivity index (χ4v) is 3.38. The number of anilines is 1. The summed E-state index contributed by atoms with van der Waals surface area (Å²) in [7, 11) is 0. The number of aromatic nitrogens is 1. The van der Waals surface area contributed by atoms with Crippen LogP contribution < -0.4 is 10.7 Å². The highest BCUT2D eigenvalue weighted by Crippen LogP contribution is 2.31. The first-order valence-corrected chi connectivity index (χ1v) is 9.38. The number of aromatic carboxylic acids is 1. The third-order valence-corrected chi connectivity index (χ3v) is 5.27. The molecule has 2 aliphatic rings. The molecule has 2 aromatic rings. The second-order valence-corrected chi connectivity index (χ2v) is 7.93. The lowest BCUT2D eigenvalue weighted by molar-refractivity contribution is -0.258. The Morgan fingerprint density at radius 3 is 2.61 bits per heavy atom. The van der Waals surface area contributed by atoms with Gasteiger partial charge >= 0.3 is 5.97 Å². The summed E-state index contributed by atoms with van der Waals surface area (Å²) in [5, 5.41) is 12.6. The van der Waals surface area contributed by atoms with Gasteiger partial charge in [-0.1, -0.05) is 0 Å². The summed E-state index contributed by atoms with van der Waals surface area (Å²) in [5.41, 5.74) is -0.361. The minimum atomic E-state index is -1.35. The summed E-state index contributed by atoms with van der Waals surface area (Å²) >= 11 is 0. The first-order chi connectivity index (χ1) is 13.2. The Balaban J connectivity index is 1.82. The summed E-state index contributed by atoms with van der Waals surface area (Å²) in [5.74, 6) is -2.11. The highest BCUT2D eigenvalue weighted by molar-refractivity contribution is 5.93. The Bertz CT molecular complexity index is 986. The van der Waals surface area contributed by atoms with Gasteiger partial charge in [0.1, 0.15) is 11.4 Å². The maximum Gasteiger partial charge on any atom is 0.341 e. The lowest BCUT2D eigenvalue weighted by atomic mass is 10.1. The quantitative estimate of drug-likeness (QED) is 0.816. The first kappa shape index (κ1) is 18.9. The maximum atomic E-state index is 14.6. The monoisotopic (exact) mass is 390 g/mol. The van der Waals surface area contributed by atoms with Crippen molar-refractivity contribution in [3.8, 4) is 0 Å². The number of hydrogen-bond acceptors (Lipinski definition) is 5. The minimum Gasteiger partial charge on any atom is -0.477 e. The molecular formula is C20H23FN2O5. The summed E-state index contributed by atoms with van der Waals surface area (Å²) in [6.07, 6.45) is 3.55. The van der Waals surface area contributed by atoms with Gasteiger partial charge in [0.15, 0.2) is 5.79 Å². The minimum absolute atomic E-state index is 0.0270. The smallest absolute Gasteiger partial charge is 0.341 e. The van der Waals surface area contributed by atoms with Crippen LogP contribution in [0.25, 0.3) is 10.9 Å². The SMILES string of the molecule is CC1(C)OCC(n2cc(C(=O)O)c(=O)c3cc(F)c(NCC4CC4)cc32)CO1. The van der Waals surface area contributed by atoms with Crippen molar-refractivity contribution >= 4 is 22.6 Å². The number of halogens is 1. The molecule has 4 rings (SSSR count). The lowest BCUT2D eigenvalue weighted by Gasteiger charge is -2.36. The van der Waals surface area contributed by atoms with Gasteiger partial charge in [-0.25, -0.2) is 9.18 Å². The Hall–Kier alpha value is -2.45. The molecule has 1 aliphatic carbocycles. The van der Waals surface area contributed by atoms with E-state index in [-0.39, 0.29) is 24.6 Å². The van der Waals surface area contributed by atoms with Crippen molar-refractivity contribution in [1.29, 1.82) is 0 Å². The molecule has 7 nitrogen and oxygen atoms in total. The number of hydrogen-bond donors (Lipinski definition) is 2. The van der Waals surface area contributed by atoms with Gasteiger partial charge in [-0.3, -0.25) is 4.79 Å². The van der Waals surface area contributed by atoms with Gasteiger partial charge in [0.2, 0.25) is 5.43 Å². The van der Waals surface area contributed by atoms with E-state index in [2.05, 4.69) is 5.32 Å². The van der Waals surface area contributed by atoms with Crippen LogP contribution in [0, 0.1) is 11.7 Å². The zero-order chi connectivity index (χ0) is 20.1. The van der Waals surface area contributed by atoms with E-state index >= 15 is 0 Å². The predicted octanol–water partition coefficient (Wildman–Crippen LogP) is 2.98. The third kappa shape index (κ3) is 3.62. The molecule has 1 aromatic carbocycles. The maximum absolute atomic E-state index is 14.6. The molecule has 1 saturated carbocycles. The van der Waals surface area contributed by atoms with E-state index in [0.29, 0.717) is 23.7 Å². The normalized spacial score (nSPS) is 19.7. The van der Waals surface area contributed by atoms with Crippen LogP contribution in [0.4, 0.5) is 10.1 Å². The van der Waals surface area contributed by atoms with Gasteiger partial charge in [0.05, 0.1) is 30.5 Å². The number of rotatable bonds is 5. The zero-order valence-corrected chi connectivity index (χ0v) is 15.8. The van der Waals surface area contributed by atoms with E-state index < -0.39 is 28.6 Å². The highest BCUT2D eigenvalue weighted by atomic mass is 19.1. The predicted molar refractivity (Wildman–Crippen MR) is 101 cm³/mol. The average Bonchev–Trinajstić information content (AvgIpc) is 3.45. The van der Waals surface area contributed by atoms with E-state index in [4.69, 9.17) is 9.47 Å². The van der Waals surface area contributed by atoms with Crippen molar-refractivity contribution < 1.29 is 23.8 Å². The van der Waals surface area contributed by atoms with E-state index in [0.717, 1.165) is 18.9 Å². The topological polar surface area (TPSA) is 89.8 Å². The molecule has 2 heterocycles. The number of ether oxygens (including phenoxy) is 2. The van der Waals surface area contributed by atoms with Crippen molar-refractivity contribution in [3.63, 3.8) is 0 Å². The molecule has 0 spiro atoms. The van der Waals surface area contributed by atoms with Crippen LogP contribution in [0.15, 0.2) is 23.1 Å². The van der Waals surface area contributed by atoms with Crippen LogP contribution in [0.3, 0.4) is 0 Å². The molecule has 0 radical (unpaired) electrons. The van der Waals surface area contributed by atoms with Crippen LogP contribution in [0.5, 0.6) is 0 Å². The van der Waals surface area contributed by atoms with Crippen molar-refractivity contribution in [3.05, 3.63) is 39.9 Å². The van der Waals surface area contributed by atoms with E-state index in [1.54, 1.807) is 24.5 Å². The standard InChI is InChI=1S/C20H23FN2O5/c1-20(2)27-9-12(10-28-20)23-8-14(19(25)26)18(24)13-5-15(21)16(6-17(13)23)22-7-11-3-4-11/h5-6,8,11-12,22H,3-4,7,9-10H2,1-2H3,(H,25,26). The fraction of sp³-hybridized carbons (Fsp3) is 0.500. The molecule has 0 atom stereocenters. The lowest BCUT2D eigenvalue weighted by Crippen LogP contribution is -2.40. The van der Waals surface area contributed by atoms with Crippen molar-refractivity contribution in [2.24, 2.45) is 5.92 Å². The van der Waals surface area contributed by atoms with Gasteiger partial charge in [-0.15, -0.1) is 0 Å². The molecule has 2 fully saturated rings. The number of fused-ring (bicyclic) bond motifs is 1. The first-order valence-electron chi connectivity index (χ1n) is 9.38. The van der Waals surface area contributed by atoms with Crippen molar-refractivity contribution in [2.45, 2.75) is 38.5 Å². The molecule has 2 N–H and O–H groups in total. The number of carboxylic acids is 1. The molecule has 1 aliphatic heterocycles. The average molecular weight is 390 g/mol. The van der Waals surface area contributed by atoms with Gasteiger partial charge in [-0.2, -0.15) is 0 Å². The van der Waals surface area contributed by atoms with Gasteiger partial charge < -0.3 is 24.5 Å². The van der Waals surface area contributed by atoms with Crippen LogP contribution >= 0.6 is 0 Å². The van der Waals surface area contributed by atoms with Gasteiger partial charge in [0.25, 0.3) is 0 Å². The molecule has 0 amide bonds. The van der Waals surface area contributed by atoms with Crippen LogP contribution in [-0.4, -0.2) is 41.2 Å². The molecule has 1 saturated heterocycles. The molecule has 28 heavy (non-hydrogen) atoms. The van der Waals surface area contributed by atoms with Crippen LogP contribution in [0.1, 0.15) is 43.1 Å². The van der Waals surface area contributed by atoms with E-state index in [9.17, 15) is 19.1 Å². The molecule has 150 valence electrons. The second kappa shape index (κ2) is 6.86. The van der Waals surface area contributed by atoms with Crippen LogP contribution in [0.2, 0.25) is 0 Å². The summed E-state index contributed by atoms with van der Waals surface area (Å²) < 4.78 is 27.6. The second-order valence-electron chi connectivity index (χ2n) is 7.93. The zero-order valence-electron chi connectivity index (χ0n) is 15.8. The number of nitrogens with zero attached hydrogens (tertiary/aromatic N) is 1. The molecular weight excluding hydrogens is 367 g/mol. The molecule has 1 aromatic heterocycles.